The SMILES string of the molecule is CC(C)(C)c1ccc(C2=CC(OC(=O)Cc3ccc(C#Cc4ccc(CC(=O)OC5C=C(c6ccc(C(C)(C)C)cc6)C5)cc4)cc3)C2)cc1. The molecule has 0 N–H and O–H groups in total. The predicted octanol–water partition coefficient (Wildman–Crippen LogP) is 9.56. The Labute approximate surface area is 297 Å². The van der Waals surface area contributed by atoms with Gasteiger partial charge in [-0.3, -0.25) is 9.59 Å². The van der Waals surface area contributed by atoms with Gasteiger partial charge in [0.2, 0.25) is 0 Å². The lowest BCUT2D eigenvalue weighted by atomic mass is 9.84. The van der Waals surface area contributed by atoms with E-state index in [-0.39, 0.29) is 47.8 Å². The normalized spacial score (nSPS) is 16.8. The average Bonchev–Trinajstić information content (AvgIpc) is 3.04. The minimum absolute atomic E-state index is 0.127. The summed E-state index contributed by atoms with van der Waals surface area (Å²) < 4.78 is 11.3. The van der Waals surface area contributed by atoms with Gasteiger partial charge in [0, 0.05) is 24.0 Å². The van der Waals surface area contributed by atoms with E-state index in [9.17, 15) is 9.59 Å². The first kappa shape index (κ1) is 34.7. The first-order valence-corrected chi connectivity index (χ1v) is 17.5. The van der Waals surface area contributed by atoms with E-state index in [0.29, 0.717) is 0 Å². The fourth-order valence-electron chi connectivity index (χ4n) is 6.07. The van der Waals surface area contributed by atoms with Crippen LogP contribution in [0.5, 0.6) is 0 Å². The molecule has 0 saturated carbocycles. The van der Waals surface area contributed by atoms with Gasteiger partial charge in [-0.05, 0) is 91.8 Å². The van der Waals surface area contributed by atoms with Gasteiger partial charge >= 0.3 is 11.9 Å². The molecule has 0 amide bonds. The summed E-state index contributed by atoms with van der Waals surface area (Å²) in [6.07, 6.45) is 5.67. The smallest absolute Gasteiger partial charge is 0.310 e. The fraction of sp³-hybridized carbons (Fsp3) is 0.304. The summed E-state index contributed by atoms with van der Waals surface area (Å²) in [6.45, 7) is 13.3. The highest BCUT2D eigenvalue weighted by atomic mass is 16.5. The summed E-state index contributed by atoms with van der Waals surface area (Å²) in [6, 6.07) is 32.7. The first-order chi connectivity index (χ1) is 23.8. The second-order valence-electron chi connectivity index (χ2n) is 15.5. The number of benzene rings is 4. The van der Waals surface area contributed by atoms with E-state index in [0.717, 1.165) is 35.1 Å². The number of hydrogen-bond acceptors (Lipinski definition) is 4. The monoisotopic (exact) mass is 662 g/mol. The molecule has 6 rings (SSSR count). The van der Waals surface area contributed by atoms with Crippen molar-refractivity contribution in [3.8, 4) is 11.8 Å². The summed E-state index contributed by atoms with van der Waals surface area (Å²) in [5, 5.41) is 0. The summed E-state index contributed by atoms with van der Waals surface area (Å²) in [7, 11) is 0. The van der Waals surface area contributed by atoms with E-state index in [1.165, 1.54) is 33.4 Å². The highest BCUT2D eigenvalue weighted by Crippen LogP contribution is 2.34. The number of ether oxygens (including phenoxy) is 2. The van der Waals surface area contributed by atoms with Gasteiger partial charge in [-0.25, -0.2) is 0 Å². The third kappa shape index (κ3) is 8.90. The molecule has 0 aliphatic heterocycles. The van der Waals surface area contributed by atoms with Crippen LogP contribution in [0.15, 0.2) is 109 Å². The number of esters is 2. The minimum Gasteiger partial charge on any atom is -0.457 e. The molecular weight excluding hydrogens is 617 g/mol. The highest BCUT2D eigenvalue weighted by molar-refractivity contribution is 5.78. The molecule has 254 valence electrons. The Balaban J connectivity index is 0.926. The van der Waals surface area contributed by atoms with Gasteiger partial charge in [0.05, 0.1) is 12.8 Å². The maximum absolute atomic E-state index is 12.6. The van der Waals surface area contributed by atoms with E-state index in [4.69, 9.17) is 9.47 Å². The molecular formula is C46H46O4. The quantitative estimate of drug-likeness (QED) is 0.139. The summed E-state index contributed by atoms with van der Waals surface area (Å²) in [5.41, 5.74) is 11.2. The van der Waals surface area contributed by atoms with Crippen LogP contribution < -0.4 is 0 Å². The van der Waals surface area contributed by atoms with Gasteiger partial charge in [-0.1, -0.05) is 126 Å². The maximum atomic E-state index is 12.6. The highest BCUT2D eigenvalue weighted by Gasteiger charge is 2.26. The summed E-state index contributed by atoms with van der Waals surface area (Å²) in [4.78, 5) is 25.1. The van der Waals surface area contributed by atoms with E-state index in [1.807, 2.05) is 60.7 Å². The second-order valence-corrected chi connectivity index (χ2v) is 15.5. The van der Waals surface area contributed by atoms with Crippen molar-refractivity contribution in [1.29, 1.82) is 0 Å². The zero-order valence-corrected chi connectivity index (χ0v) is 30.0. The molecule has 0 spiro atoms. The van der Waals surface area contributed by atoms with Crippen LogP contribution in [0.3, 0.4) is 0 Å². The second kappa shape index (κ2) is 14.4. The zero-order chi connectivity index (χ0) is 35.5. The zero-order valence-electron chi connectivity index (χ0n) is 30.0. The van der Waals surface area contributed by atoms with Crippen molar-refractivity contribution in [1.82, 2.24) is 0 Å². The molecule has 4 aromatic rings. The number of hydrogen-bond donors (Lipinski definition) is 0. The molecule has 0 aromatic heterocycles. The maximum Gasteiger partial charge on any atom is 0.310 e. The molecule has 4 nitrogen and oxygen atoms in total. The van der Waals surface area contributed by atoms with Crippen LogP contribution in [0.25, 0.3) is 11.1 Å². The lowest BCUT2D eigenvalue weighted by molar-refractivity contribution is -0.147. The van der Waals surface area contributed by atoms with Gasteiger partial charge in [-0.15, -0.1) is 0 Å². The van der Waals surface area contributed by atoms with Gasteiger partial charge in [0.1, 0.15) is 12.2 Å². The van der Waals surface area contributed by atoms with Crippen molar-refractivity contribution in [3.63, 3.8) is 0 Å². The Morgan fingerprint density at radius 3 is 1.16 bits per heavy atom. The Morgan fingerprint density at radius 2 is 0.860 bits per heavy atom. The van der Waals surface area contributed by atoms with Crippen LogP contribution in [0.2, 0.25) is 0 Å². The van der Waals surface area contributed by atoms with Gasteiger partial charge in [0.25, 0.3) is 0 Å². The Hall–Kier alpha value is -5.14. The number of rotatable bonds is 8. The Bertz CT molecular complexity index is 1820. The standard InChI is InChI=1S/C46H46O4/c1-45(2,3)39-21-17-35(18-22-39)37-27-41(28-37)49-43(47)25-33-13-9-31(10-14-33)7-8-32-11-15-34(16-12-32)26-44(48)50-42-29-38(30-42)36-19-23-40(24-20-36)46(4,5)6/h9-24,27,29,41-42H,25-26,28,30H2,1-6H3. The van der Waals surface area contributed by atoms with Gasteiger partial charge in [0.15, 0.2) is 0 Å². The summed E-state index contributed by atoms with van der Waals surface area (Å²) in [5.74, 6) is 5.90. The average molecular weight is 663 g/mol. The predicted molar refractivity (Wildman–Crippen MR) is 202 cm³/mol. The topological polar surface area (TPSA) is 52.6 Å². The molecule has 0 bridgehead atoms. The van der Waals surface area contributed by atoms with Crippen LogP contribution in [-0.2, 0) is 42.7 Å². The van der Waals surface area contributed by atoms with Crippen LogP contribution in [-0.4, -0.2) is 24.1 Å². The van der Waals surface area contributed by atoms with Crippen molar-refractivity contribution in [2.24, 2.45) is 0 Å². The Kier molecular flexibility index (Phi) is 9.98. The summed E-state index contributed by atoms with van der Waals surface area (Å²) >= 11 is 0. The van der Waals surface area contributed by atoms with Crippen LogP contribution >= 0.6 is 0 Å². The molecule has 50 heavy (non-hydrogen) atoms. The van der Waals surface area contributed by atoms with Crippen molar-refractivity contribution in [2.45, 2.75) is 90.3 Å². The molecule has 0 radical (unpaired) electrons. The third-order valence-electron chi connectivity index (χ3n) is 9.38. The molecule has 2 aliphatic rings. The van der Waals surface area contributed by atoms with E-state index in [1.54, 1.807) is 0 Å². The van der Waals surface area contributed by atoms with Gasteiger partial charge in [-0.2, -0.15) is 0 Å². The molecule has 2 unspecified atom stereocenters. The lowest BCUT2D eigenvalue weighted by Crippen LogP contribution is -2.24. The Morgan fingerprint density at radius 1 is 0.540 bits per heavy atom. The third-order valence-corrected chi connectivity index (χ3v) is 9.38. The van der Waals surface area contributed by atoms with E-state index >= 15 is 0 Å². The minimum atomic E-state index is -0.230. The van der Waals surface area contributed by atoms with Crippen molar-refractivity contribution in [2.75, 3.05) is 0 Å². The molecule has 0 heterocycles. The van der Waals surface area contributed by atoms with Crippen LogP contribution in [0.4, 0.5) is 0 Å². The molecule has 2 aliphatic carbocycles. The largest absolute Gasteiger partial charge is 0.457 e. The van der Waals surface area contributed by atoms with Crippen molar-refractivity contribution >= 4 is 23.1 Å². The van der Waals surface area contributed by atoms with Crippen LogP contribution in [0.1, 0.15) is 98.9 Å². The fourth-order valence-corrected chi connectivity index (χ4v) is 6.07. The molecule has 4 aromatic carbocycles. The molecule has 0 fully saturated rings. The molecule has 4 heteroatoms. The number of carbonyl (C=O) groups excluding carboxylic acids is 2. The lowest BCUT2D eigenvalue weighted by Gasteiger charge is -2.26. The number of carbonyl (C=O) groups is 2. The van der Waals surface area contributed by atoms with Crippen LogP contribution in [0, 0.1) is 11.8 Å². The van der Waals surface area contributed by atoms with Crippen molar-refractivity contribution < 1.29 is 19.1 Å². The van der Waals surface area contributed by atoms with Crippen molar-refractivity contribution in [3.05, 3.63) is 154 Å². The van der Waals surface area contributed by atoms with Gasteiger partial charge < -0.3 is 9.47 Å². The molecule has 2 atom stereocenters. The van der Waals surface area contributed by atoms with E-state index in [2.05, 4.69) is 102 Å². The molecule has 0 saturated heterocycles. The first-order valence-electron chi connectivity index (χ1n) is 17.5. The van der Waals surface area contributed by atoms with E-state index < -0.39 is 0 Å².